The van der Waals surface area contributed by atoms with Crippen molar-refractivity contribution in [3.63, 3.8) is 0 Å². The molecule has 0 radical (unpaired) electrons. The molecule has 0 fully saturated rings. The van der Waals surface area contributed by atoms with Crippen LogP contribution in [0.2, 0.25) is 0 Å². The zero-order chi connectivity index (χ0) is 14.2. The van der Waals surface area contributed by atoms with E-state index in [-0.39, 0.29) is 24.0 Å². The fourth-order valence-electron chi connectivity index (χ4n) is 1.99. The predicted molar refractivity (Wildman–Crippen MR) is 100 cm³/mol. The van der Waals surface area contributed by atoms with E-state index in [0.717, 1.165) is 19.0 Å². The van der Waals surface area contributed by atoms with E-state index in [9.17, 15) is 0 Å². The van der Waals surface area contributed by atoms with Crippen molar-refractivity contribution in [1.29, 1.82) is 0 Å². The van der Waals surface area contributed by atoms with E-state index >= 15 is 0 Å². The van der Waals surface area contributed by atoms with Crippen molar-refractivity contribution in [3.05, 3.63) is 71.3 Å². The number of rotatable bonds is 4. The topological polar surface area (TPSA) is 36.4 Å². The van der Waals surface area contributed by atoms with E-state index in [2.05, 4.69) is 58.9 Å². The van der Waals surface area contributed by atoms with Gasteiger partial charge in [0.2, 0.25) is 0 Å². The monoisotopic (exact) mass is 395 g/mol. The second-order valence-corrected chi connectivity index (χ2v) is 4.69. The zero-order valence-electron chi connectivity index (χ0n) is 12.5. The lowest BCUT2D eigenvalue weighted by Gasteiger charge is -2.13. The fourth-order valence-corrected chi connectivity index (χ4v) is 1.99. The van der Waals surface area contributed by atoms with Gasteiger partial charge >= 0.3 is 0 Å². The van der Waals surface area contributed by atoms with Gasteiger partial charge in [0, 0.05) is 20.1 Å². The first-order valence-electron chi connectivity index (χ1n) is 6.82. The lowest BCUT2D eigenvalue weighted by Crippen LogP contribution is -2.36. The molecule has 0 aliphatic heterocycles. The molecule has 0 spiro atoms. The smallest absolute Gasteiger partial charge is 0.191 e. The van der Waals surface area contributed by atoms with Crippen molar-refractivity contribution in [2.75, 3.05) is 7.05 Å². The molecule has 0 amide bonds. The summed E-state index contributed by atoms with van der Waals surface area (Å²) >= 11 is 0. The van der Waals surface area contributed by atoms with Gasteiger partial charge in [-0.25, -0.2) is 0 Å². The number of hydrogen-bond acceptors (Lipinski definition) is 1. The number of aryl methyl sites for hydroxylation is 1. The van der Waals surface area contributed by atoms with Crippen molar-refractivity contribution in [3.8, 4) is 0 Å². The highest BCUT2D eigenvalue weighted by Crippen LogP contribution is 2.06. The molecule has 0 saturated heterocycles. The maximum absolute atomic E-state index is 4.24. The average molecular weight is 395 g/mol. The van der Waals surface area contributed by atoms with Crippen LogP contribution in [0.5, 0.6) is 0 Å². The second kappa shape index (κ2) is 9.39. The molecule has 0 heterocycles. The third-order valence-corrected chi connectivity index (χ3v) is 3.23. The highest BCUT2D eigenvalue weighted by molar-refractivity contribution is 14.0. The van der Waals surface area contributed by atoms with Crippen LogP contribution in [0.15, 0.2) is 59.6 Å². The molecule has 0 saturated carbocycles. The summed E-state index contributed by atoms with van der Waals surface area (Å²) in [5.74, 6) is 0.817. The second-order valence-electron chi connectivity index (χ2n) is 4.69. The Morgan fingerprint density at radius 3 is 2.19 bits per heavy atom. The van der Waals surface area contributed by atoms with Crippen LogP contribution in [-0.4, -0.2) is 13.0 Å². The van der Waals surface area contributed by atoms with Crippen LogP contribution < -0.4 is 10.6 Å². The van der Waals surface area contributed by atoms with Crippen LogP contribution in [0.3, 0.4) is 0 Å². The normalized spacial score (nSPS) is 10.7. The van der Waals surface area contributed by atoms with Crippen LogP contribution >= 0.6 is 24.0 Å². The Morgan fingerprint density at radius 1 is 0.905 bits per heavy atom. The Labute approximate surface area is 143 Å². The summed E-state index contributed by atoms with van der Waals surface area (Å²) < 4.78 is 0. The van der Waals surface area contributed by atoms with E-state index < -0.39 is 0 Å². The maximum atomic E-state index is 4.24. The number of benzene rings is 2. The van der Waals surface area contributed by atoms with Gasteiger partial charge in [-0.3, -0.25) is 4.99 Å². The number of nitrogens with zero attached hydrogens (tertiary/aromatic N) is 1. The first-order valence-corrected chi connectivity index (χ1v) is 6.82. The van der Waals surface area contributed by atoms with Crippen molar-refractivity contribution >= 4 is 29.9 Å². The Kier molecular flexibility index (Phi) is 7.82. The Hall–Kier alpha value is -1.56. The molecule has 2 rings (SSSR count). The van der Waals surface area contributed by atoms with Gasteiger partial charge in [-0.05, 0) is 23.6 Å². The lowest BCUT2D eigenvalue weighted by molar-refractivity contribution is 0.806. The molecule has 2 N–H and O–H groups in total. The van der Waals surface area contributed by atoms with Gasteiger partial charge in [-0.2, -0.15) is 0 Å². The van der Waals surface area contributed by atoms with Gasteiger partial charge in [0.1, 0.15) is 0 Å². The number of hydrogen-bond donors (Lipinski definition) is 2. The van der Waals surface area contributed by atoms with Crippen molar-refractivity contribution in [1.82, 2.24) is 10.6 Å². The largest absolute Gasteiger partial charge is 0.352 e. The van der Waals surface area contributed by atoms with Crippen LogP contribution in [0.25, 0.3) is 0 Å². The molecule has 4 heteroatoms. The Balaban J connectivity index is 0.00000220. The fraction of sp³-hybridized carbons (Fsp3) is 0.235. The summed E-state index contributed by atoms with van der Waals surface area (Å²) in [6.07, 6.45) is 0. The standard InChI is InChI=1S/C17H21N3.HI/c1-14-8-6-7-11-16(14)13-20-17(18-2)19-12-15-9-4-3-5-10-15;/h3-11H,12-13H2,1-2H3,(H2,18,19,20);1H. The molecule has 0 bridgehead atoms. The van der Waals surface area contributed by atoms with Gasteiger partial charge < -0.3 is 10.6 Å². The lowest BCUT2D eigenvalue weighted by atomic mass is 10.1. The molecule has 0 unspecified atom stereocenters. The molecule has 0 aliphatic carbocycles. The molecule has 0 aromatic heterocycles. The van der Waals surface area contributed by atoms with Crippen LogP contribution in [0.1, 0.15) is 16.7 Å². The molecule has 112 valence electrons. The van der Waals surface area contributed by atoms with Crippen molar-refractivity contribution < 1.29 is 0 Å². The third-order valence-electron chi connectivity index (χ3n) is 3.23. The van der Waals surface area contributed by atoms with Gasteiger partial charge in [0.25, 0.3) is 0 Å². The summed E-state index contributed by atoms with van der Waals surface area (Å²) in [6.45, 7) is 3.67. The molecule has 0 aliphatic rings. The summed E-state index contributed by atoms with van der Waals surface area (Å²) in [5, 5.41) is 6.65. The van der Waals surface area contributed by atoms with Crippen LogP contribution in [-0.2, 0) is 13.1 Å². The molecule has 2 aromatic carbocycles. The van der Waals surface area contributed by atoms with E-state index in [0.29, 0.717) is 0 Å². The summed E-state index contributed by atoms with van der Waals surface area (Å²) in [6, 6.07) is 18.7. The van der Waals surface area contributed by atoms with Crippen molar-refractivity contribution in [2.45, 2.75) is 20.0 Å². The number of guanidine groups is 1. The Bertz CT molecular complexity index is 567. The molecule has 0 atom stereocenters. The van der Waals surface area contributed by atoms with Gasteiger partial charge in [0.15, 0.2) is 5.96 Å². The van der Waals surface area contributed by atoms with Crippen molar-refractivity contribution in [2.24, 2.45) is 4.99 Å². The van der Waals surface area contributed by atoms with Gasteiger partial charge in [-0.15, -0.1) is 24.0 Å². The first-order chi connectivity index (χ1) is 9.79. The first kappa shape index (κ1) is 17.5. The third kappa shape index (κ3) is 5.75. The minimum atomic E-state index is 0. The molecular formula is C17H22IN3. The van der Waals surface area contributed by atoms with Gasteiger partial charge in [-0.1, -0.05) is 54.6 Å². The Morgan fingerprint density at radius 2 is 1.52 bits per heavy atom. The number of nitrogens with one attached hydrogen (secondary N) is 2. The van der Waals surface area contributed by atoms with Gasteiger partial charge in [0.05, 0.1) is 0 Å². The summed E-state index contributed by atoms with van der Waals surface area (Å²) in [7, 11) is 1.79. The zero-order valence-corrected chi connectivity index (χ0v) is 14.8. The van der Waals surface area contributed by atoms with Crippen LogP contribution in [0.4, 0.5) is 0 Å². The molecule has 21 heavy (non-hydrogen) atoms. The average Bonchev–Trinajstić information content (AvgIpc) is 2.50. The predicted octanol–water partition coefficient (Wildman–Crippen LogP) is 3.48. The SMILES string of the molecule is CN=C(NCc1ccccc1)NCc1ccccc1C.I. The maximum Gasteiger partial charge on any atom is 0.191 e. The van der Waals surface area contributed by atoms with E-state index in [1.165, 1.54) is 16.7 Å². The summed E-state index contributed by atoms with van der Waals surface area (Å²) in [4.78, 5) is 4.24. The van der Waals surface area contributed by atoms with E-state index in [4.69, 9.17) is 0 Å². The molecule has 2 aromatic rings. The number of halogens is 1. The highest BCUT2D eigenvalue weighted by atomic mass is 127. The van der Waals surface area contributed by atoms with E-state index in [1.807, 2.05) is 18.2 Å². The molecule has 3 nitrogen and oxygen atoms in total. The quantitative estimate of drug-likeness (QED) is 0.473. The highest BCUT2D eigenvalue weighted by Gasteiger charge is 2.00. The minimum absolute atomic E-state index is 0. The summed E-state index contributed by atoms with van der Waals surface area (Å²) in [5.41, 5.74) is 3.82. The molecular weight excluding hydrogens is 373 g/mol. The number of aliphatic imine (C=N–C) groups is 1. The minimum Gasteiger partial charge on any atom is -0.352 e. The van der Waals surface area contributed by atoms with E-state index in [1.54, 1.807) is 7.05 Å². The van der Waals surface area contributed by atoms with Crippen LogP contribution in [0, 0.1) is 6.92 Å².